The zero-order chi connectivity index (χ0) is 16.8. The molecule has 5 nitrogen and oxygen atoms in total. The number of carbonyl (C=O) groups excluding carboxylic acids is 2. The van der Waals surface area contributed by atoms with Crippen LogP contribution in [0.2, 0.25) is 5.02 Å². The minimum absolute atomic E-state index is 0.0159. The van der Waals surface area contributed by atoms with Gasteiger partial charge in [0.05, 0.1) is 0 Å². The van der Waals surface area contributed by atoms with Crippen molar-refractivity contribution in [1.82, 2.24) is 5.32 Å². The van der Waals surface area contributed by atoms with E-state index in [0.717, 1.165) is 37.7 Å². The molecule has 6 heteroatoms. The van der Waals surface area contributed by atoms with E-state index < -0.39 is 11.8 Å². The van der Waals surface area contributed by atoms with Gasteiger partial charge in [0.15, 0.2) is 0 Å². The first-order chi connectivity index (χ1) is 11.0. The smallest absolute Gasteiger partial charge is 0.313 e. The van der Waals surface area contributed by atoms with Crippen molar-refractivity contribution in [2.75, 3.05) is 11.9 Å². The number of anilines is 1. The fraction of sp³-hybridized carbons (Fsp3) is 0.529. The fourth-order valence-corrected chi connectivity index (χ4v) is 3.12. The Morgan fingerprint density at radius 1 is 1.22 bits per heavy atom. The summed E-state index contributed by atoms with van der Waals surface area (Å²) in [5, 5.41) is 15.4. The molecule has 2 atom stereocenters. The van der Waals surface area contributed by atoms with Crippen molar-refractivity contribution in [3.8, 4) is 0 Å². The Hall–Kier alpha value is -1.59. The minimum Gasteiger partial charge on any atom is -0.396 e. The molecule has 0 radical (unpaired) electrons. The van der Waals surface area contributed by atoms with Gasteiger partial charge < -0.3 is 15.7 Å². The molecule has 2 rings (SSSR count). The van der Waals surface area contributed by atoms with Gasteiger partial charge in [-0.2, -0.15) is 0 Å². The fourth-order valence-electron chi connectivity index (χ4n) is 2.95. The molecule has 0 aromatic heterocycles. The molecule has 2 amide bonds. The highest BCUT2D eigenvalue weighted by Crippen LogP contribution is 2.24. The van der Waals surface area contributed by atoms with E-state index >= 15 is 0 Å². The van der Waals surface area contributed by atoms with Crippen molar-refractivity contribution in [3.05, 3.63) is 28.8 Å². The van der Waals surface area contributed by atoms with Gasteiger partial charge >= 0.3 is 11.8 Å². The van der Waals surface area contributed by atoms with Gasteiger partial charge in [-0.15, -0.1) is 0 Å². The lowest BCUT2D eigenvalue weighted by Gasteiger charge is -2.24. The van der Waals surface area contributed by atoms with E-state index in [0.29, 0.717) is 10.7 Å². The minimum atomic E-state index is -0.712. The summed E-state index contributed by atoms with van der Waals surface area (Å²) >= 11 is 6.01. The Kier molecular flexibility index (Phi) is 6.42. The van der Waals surface area contributed by atoms with E-state index in [4.69, 9.17) is 11.6 Å². The molecule has 3 N–H and O–H groups in total. The van der Waals surface area contributed by atoms with Crippen molar-refractivity contribution in [2.45, 2.75) is 45.1 Å². The van der Waals surface area contributed by atoms with Gasteiger partial charge in [0.2, 0.25) is 0 Å². The van der Waals surface area contributed by atoms with Gasteiger partial charge in [-0.25, -0.2) is 0 Å². The number of hydrogen-bond acceptors (Lipinski definition) is 3. The van der Waals surface area contributed by atoms with Gasteiger partial charge in [-0.1, -0.05) is 36.9 Å². The van der Waals surface area contributed by atoms with Crippen LogP contribution in [-0.2, 0) is 9.59 Å². The molecular weight excluding hydrogens is 316 g/mol. The summed E-state index contributed by atoms with van der Waals surface area (Å²) in [6.45, 7) is 1.81. The van der Waals surface area contributed by atoms with Crippen LogP contribution < -0.4 is 10.6 Å². The molecule has 0 aliphatic heterocycles. The molecule has 2 unspecified atom stereocenters. The topological polar surface area (TPSA) is 78.4 Å². The summed E-state index contributed by atoms with van der Waals surface area (Å²) in [7, 11) is 0. The van der Waals surface area contributed by atoms with E-state index in [2.05, 4.69) is 10.6 Å². The summed E-state index contributed by atoms with van der Waals surface area (Å²) in [5.74, 6) is -1.37. The first-order valence-electron chi connectivity index (χ1n) is 8.00. The molecule has 0 saturated heterocycles. The number of hydrogen-bond donors (Lipinski definition) is 3. The quantitative estimate of drug-likeness (QED) is 0.585. The lowest BCUT2D eigenvalue weighted by Crippen LogP contribution is -2.45. The second-order valence-electron chi connectivity index (χ2n) is 6.03. The zero-order valence-corrected chi connectivity index (χ0v) is 14.0. The van der Waals surface area contributed by atoms with Crippen LogP contribution in [0.3, 0.4) is 0 Å². The van der Waals surface area contributed by atoms with Crippen molar-refractivity contribution in [2.24, 2.45) is 5.92 Å². The normalized spacial score (nSPS) is 21.3. The van der Waals surface area contributed by atoms with E-state index in [-0.39, 0.29) is 18.6 Å². The number of aliphatic hydroxyl groups is 1. The van der Waals surface area contributed by atoms with Crippen molar-refractivity contribution in [1.29, 1.82) is 0 Å². The molecule has 126 valence electrons. The van der Waals surface area contributed by atoms with Gasteiger partial charge in [-0.3, -0.25) is 9.59 Å². The second-order valence-corrected chi connectivity index (χ2v) is 6.43. The second kappa shape index (κ2) is 8.31. The number of rotatable bonds is 3. The highest BCUT2D eigenvalue weighted by molar-refractivity contribution is 6.40. The number of carbonyl (C=O) groups is 2. The highest BCUT2D eigenvalue weighted by Gasteiger charge is 2.27. The van der Waals surface area contributed by atoms with Crippen LogP contribution in [-0.4, -0.2) is 29.6 Å². The molecule has 1 aliphatic carbocycles. The van der Waals surface area contributed by atoms with Crippen LogP contribution in [0.4, 0.5) is 5.69 Å². The van der Waals surface area contributed by atoms with Gasteiger partial charge in [0.1, 0.15) is 0 Å². The maximum Gasteiger partial charge on any atom is 0.313 e. The molecule has 1 aromatic rings. The third kappa shape index (κ3) is 4.69. The van der Waals surface area contributed by atoms with Gasteiger partial charge in [0, 0.05) is 29.3 Å². The van der Waals surface area contributed by atoms with E-state index in [1.165, 1.54) is 0 Å². The van der Waals surface area contributed by atoms with Crippen LogP contribution in [0.5, 0.6) is 0 Å². The average molecular weight is 339 g/mol. The Balaban J connectivity index is 1.99. The van der Waals surface area contributed by atoms with Crippen molar-refractivity contribution >= 4 is 29.1 Å². The van der Waals surface area contributed by atoms with E-state index in [9.17, 15) is 14.7 Å². The third-order valence-corrected chi connectivity index (χ3v) is 4.84. The van der Waals surface area contributed by atoms with Crippen LogP contribution >= 0.6 is 11.6 Å². The third-order valence-electron chi connectivity index (χ3n) is 4.43. The number of aliphatic hydroxyl groups excluding tert-OH is 1. The molecule has 0 heterocycles. The summed E-state index contributed by atoms with van der Waals surface area (Å²) in [6.07, 6.45) is 4.80. The molecule has 0 bridgehead atoms. The number of nitrogens with one attached hydrogen (secondary N) is 2. The van der Waals surface area contributed by atoms with Crippen LogP contribution in [0.15, 0.2) is 18.2 Å². The SMILES string of the molecule is Cc1c(Cl)cccc1NC(=O)C(=O)NC1CCCCCC1CO. The van der Waals surface area contributed by atoms with E-state index in [1.54, 1.807) is 25.1 Å². The Morgan fingerprint density at radius 2 is 1.96 bits per heavy atom. The largest absolute Gasteiger partial charge is 0.396 e. The summed E-state index contributed by atoms with van der Waals surface area (Å²) < 4.78 is 0. The number of halogens is 1. The Morgan fingerprint density at radius 3 is 2.70 bits per heavy atom. The van der Waals surface area contributed by atoms with Crippen LogP contribution in [0, 0.1) is 12.8 Å². The summed E-state index contributed by atoms with van der Waals surface area (Å²) in [5.41, 5.74) is 1.25. The first kappa shape index (κ1) is 17.8. The molecule has 23 heavy (non-hydrogen) atoms. The lowest BCUT2D eigenvalue weighted by molar-refractivity contribution is -0.137. The predicted octanol–water partition coefficient (Wildman–Crippen LogP) is 2.64. The summed E-state index contributed by atoms with van der Waals surface area (Å²) in [6, 6.07) is 5.00. The average Bonchev–Trinajstić information content (AvgIpc) is 2.76. The highest BCUT2D eigenvalue weighted by atomic mass is 35.5. The van der Waals surface area contributed by atoms with Crippen LogP contribution in [0.1, 0.15) is 37.7 Å². The predicted molar refractivity (Wildman–Crippen MR) is 90.4 cm³/mol. The Bertz CT molecular complexity index is 577. The maximum atomic E-state index is 12.1. The number of amides is 2. The molecule has 1 aliphatic rings. The first-order valence-corrected chi connectivity index (χ1v) is 8.38. The van der Waals surface area contributed by atoms with Crippen molar-refractivity contribution < 1.29 is 14.7 Å². The van der Waals surface area contributed by atoms with Crippen molar-refractivity contribution in [3.63, 3.8) is 0 Å². The summed E-state index contributed by atoms with van der Waals surface area (Å²) in [4.78, 5) is 24.2. The molecule has 0 spiro atoms. The number of benzene rings is 1. The monoisotopic (exact) mass is 338 g/mol. The van der Waals surface area contributed by atoms with E-state index in [1.807, 2.05) is 0 Å². The molecular formula is C17H23ClN2O3. The standard InChI is InChI=1S/C17H23ClN2O3/c1-11-13(18)7-5-9-14(11)19-16(22)17(23)20-15-8-4-2-3-6-12(15)10-21/h5,7,9,12,15,21H,2-4,6,8,10H2,1H3,(H,19,22)(H,20,23). The van der Waals surface area contributed by atoms with Gasteiger partial charge in [-0.05, 0) is 37.5 Å². The molecule has 1 saturated carbocycles. The lowest BCUT2D eigenvalue weighted by atomic mass is 9.95. The maximum absolute atomic E-state index is 12.1. The molecule has 1 fully saturated rings. The zero-order valence-electron chi connectivity index (χ0n) is 13.3. The Labute approximate surface area is 141 Å². The molecule has 1 aromatic carbocycles. The van der Waals surface area contributed by atoms with Crippen LogP contribution in [0.25, 0.3) is 0 Å². The van der Waals surface area contributed by atoms with Gasteiger partial charge in [0.25, 0.3) is 0 Å².